The van der Waals surface area contributed by atoms with Gasteiger partial charge in [-0.15, -0.1) is 0 Å². The highest BCUT2D eigenvalue weighted by atomic mass is 35.5. The molecule has 1 heterocycles. The van der Waals surface area contributed by atoms with E-state index in [2.05, 4.69) is 4.98 Å². The van der Waals surface area contributed by atoms with Gasteiger partial charge in [-0.1, -0.05) is 11.6 Å². The number of pyridine rings is 1. The third-order valence-electron chi connectivity index (χ3n) is 1.76. The van der Waals surface area contributed by atoms with E-state index in [0.29, 0.717) is 5.69 Å². The Kier molecular flexibility index (Phi) is 3.61. The summed E-state index contributed by atoms with van der Waals surface area (Å²) in [5, 5.41) is 8.67. The molecular weight excluding hydrogens is 218 g/mol. The molecule has 0 aliphatic heterocycles. The van der Waals surface area contributed by atoms with Gasteiger partial charge in [0.15, 0.2) is 6.10 Å². The molecule has 0 spiro atoms. The lowest BCUT2D eigenvalue weighted by molar-refractivity contribution is 0.0999. The van der Waals surface area contributed by atoms with Gasteiger partial charge in [0.2, 0.25) is 0 Å². The van der Waals surface area contributed by atoms with Crippen LogP contribution in [0, 0.1) is 11.3 Å². The van der Waals surface area contributed by atoms with Crippen molar-refractivity contribution in [3.63, 3.8) is 0 Å². The minimum absolute atomic E-state index is 0.0303. The molecule has 1 atom stereocenters. The number of nitrogens with zero attached hydrogens (tertiary/aromatic N) is 2. The Morgan fingerprint density at radius 1 is 1.73 bits per heavy atom. The Bertz CT molecular complexity index is 428. The topological polar surface area (TPSA) is 89.0 Å². The Balaban J connectivity index is 3.12. The lowest BCUT2D eigenvalue weighted by Gasteiger charge is -2.07. The first kappa shape index (κ1) is 11.4. The van der Waals surface area contributed by atoms with Gasteiger partial charge < -0.3 is 10.5 Å². The first-order valence-electron chi connectivity index (χ1n) is 3.98. The summed E-state index contributed by atoms with van der Waals surface area (Å²) in [5.74, 6) is -0.662. The van der Waals surface area contributed by atoms with E-state index in [1.165, 1.54) is 19.2 Å². The number of nitrogens with two attached hydrogens (primary N) is 1. The number of methoxy groups -OCH3 is 1. The molecule has 1 aromatic heterocycles. The van der Waals surface area contributed by atoms with Gasteiger partial charge in [0.1, 0.15) is 11.2 Å². The number of nitriles is 1. The number of rotatable bonds is 3. The number of amides is 1. The van der Waals surface area contributed by atoms with E-state index in [9.17, 15) is 4.79 Å². The second kappa shape index (κ2) is 4.73. The minimum Gasteiger partial charge on any atom is -0.366 e. The fourth-order valence-corrected chi connectivity index (χ4v) is 1.27. The molecule has 0 saturated heterocycles. The van der Waals surface area contributed by atoms with E-state index in [0.717, 1.165) is 0 Å². The van der Waals surface area contributed by atoms with Gasteiger partial charge in [0.25, 0.3) is 5.91 Å². The van der Waals surface area contributed by atoms with Crippen LogP contribution in [0.15, 0.2) is 12.1 Å². The lowest BCUT2D eigenvalue weighted by atomic mass is 10.2. The van der Waals surface area contributed by atoms with Crippen LogP contribution in [0.1, 0.15) is 22.2 Å². The SMILES string of the molecule is COC(C#N)c1ccc(C(N)=O)c(Cl)n1. The van der Waals surface area contributed by atoms with Crippen molar-refractivity contribution < 1.29 is 9.53 Å². The highest BCUT2D eigenvalue weighted by Crippen LogP contribution is 2.19. The number of aromatic nitrogens is 1. The molecule has 0 fully saturated rings. The van der Waals surface area contributed by atoms with E-state index in [-0.39, 0.29) is 10.7 Å². The van der Waals surface area contributed by atoms with Crippen molar-refractivity contribution in [2.75, 3.05) is 7.11 Å². The van der Waals surface area contributed by atoms with Crippen LogP contribution < -0.4 is 5.73 Å². The number of hydrogen-bond donors (Lipinski definition) is 1. The molecular formula is C9H8ClN3O2. The Hall–Kier alpha value is -1.64. The van der Waals surface area contributed by atoms with Crippen molar-refractivity contribution in [2.45, 2.75) is 6.10 Å². The van der Waals surface area contributed by atoms with Gasteiger partial charge in [0.05, 0.1) is 11.3 Å². The molecule has 1 aromatic rings. The van der Waals surface area contributed by atoms with Gasteiger partial charge in [0, 0.05) is 7.11 Å². The number of carbonyl (C=O) groups excluding carboxylic acids is 1. The van der Waals surface area contributed by atoms with Crippen molar-refractivity contribution in [3.05, 3.63) is 28.5 Å². The third-order valence-corrected chi connectivity index (χ3v) is 2.05. The van der Waals surface area contributed by atoms with E-state index >= 15 is 0 Å². The van der Waals surface area contributed by atoms with Crippen molar-refractivity contribution in [2.24, 2.45) is 5.73 Å². The number of ether oxygens (including phenoxy) is 1. The van der Waals surface area contributed by atoms with Crippen LogP contribution in [0.3, 0.4) is 0 Å². The molecule has 1 rings (SSSR count). The van der Waals surface area contributed by atoms with E-state index in [4.69, 9.17) is 27.3 Å². The number of halogens is 1. The molecule has 1 unspecified atom stereocenters. The molecule has 0 aliphatic carbocycles. The maximum atomic E-state index is 10.8. The van der Waals surface area contributed by atoms with E-state index in [1.807, 2.05) is 6.07 Å². The van der Waals surface area contributed by atoms with Crippen LogP contribution in [0.5, 0.6) is 0 Å². The zero-order valence-electron chi connectivity index (χ0n) is 7.90. The summed E-state index contributed by atoms with van der Waals surface area (Å²) in [4.78, 5) is 14.7. The molecule has 6 heteroatoms. The normalized spacial score (nSPS) is 11.8. The molecule has 2 N–H and O–H groups in total. The monoisotopic (exact) mass is 225 g/mol. The van der Waals surface area contributed by atoms with Crippen molar-refractivity contribution in [1.29, 1.82) is 5.26 Å². The Labute approximate surface area is 91.4 Å². The quantitative estimate of drug-likeness (QED) is 0.779. The number of primary amides is 1. The average Bonchev–Trinajstić information content (AvgIpc) is 2.19. The molecule has 0 bridgehead atoms. The summed E-state index contributed by atoms with van der Waals surface area (Å²) in [7, 11) is 1.38. The first-order valence-corrected chi connectivity index (χ1v) is 4.36. The van der Waals surface area contributed by atoms with E-state index < -0.39 is 12.0 Å². The molecule has 0 aromatic carbocycles. The fraction of sp³-hybridized carbons (Fsp3) is 0.222. The summed E-state index contributed by atoms with van der Waals surface area (Å²) < 4.78 is 4.84. The fourth-order valence-electron chi connectivity index (χ4n) is 1.02. The zero-order chi connectivity index (χ0) is 11.4. The molecule has 5 nitrogen and oxygen atoms in total. The lowest BCUT2D eigenvalue weighted by Crippen LogP contribution is -2.13. The summed E-state index contributed by atoms with van der Waals surface area (Å²) in [6.45, 7) is 0. The van der Waals surface area contributed by atoms with Crippen LogP contribution in [-0.2, 0) is 4.74 Å². The summed E-state index contributed by atoms with van der Waals surface area (Å²) in [6.07, 6.45) is -0.801. The van der Waals surface area contributed by atoms with Crippen molar-refractivity contribution in [1.82, 2.24) is 4.98 Å². The maximum Gasteiger partial charge on any atom is 0.251 e. The van der Waals surface area contributed by atoms with Crippen LogP contribution >= 0.6 is 11.6 Å². The number of carbonyl (C=O) groups is 1. The molecule has 0 radical (unpaired) electrons. The smallest absolute Gasteiger partial charge is 0.251 e. The van der Waals surface area contributed by atoms with Gasteiger partial charge in [-0.05, 0) is 12.1 Å². The van der Waals surface area contributed by atoms with Gasteiger partial charge in [-0.2, -0.15) is 5.26 Å². The second-order valence-corrected chi connectivity index (χ2v) is 3.04. The molecule has 78 valence electrons. The predicted octanol–water partition coefficient (Wildman–Crippen LogP) is 1.04. The summed E-state index contributed by atoms with van der Waals surface area (Å²) in [6, 6.07) is 4.77. The van der Waals surface area contributed by atoms with Gasteiger partial charge in [-0.25, -0.2) is 4.98 Å². The highest BCUT2D eigenvalue weighted by Gasteiger charge is 2.14. The molecule has 1 amide bonds. The van der Waals surface area contributed by atoms with Gasteiger partial charge >= 0.3 is 0 Å². The van der Waals surface area contributed by atoms with Crippen molar-refractivity contribution in [3.8, 4) is 6.07 Å². The van der Waals surface area contributed by atoms with Crippen LogP contribution in [0.4, 0.5) is 0 Å². The molecule has 15 heavy (non-hydrogen) atoms. The first-order chi connectivity index (χ1) is 7.10. The predicted molar refractivity (Wildman–Crippen MR) is 53.1 cm³/mol. The third kappa shape index (κ3) is 2.43. The van der Waals surface area contributed by atoms with E-state index in [1.54, 1.807) is 0 Å². The average molecular weight is 226 g/mol. The van der Waals surface area contributed by atoms with Crippen LogP contribution in [0.25, 0.3) is 0 Å². The highest BCUT2D eigenvalue weighted by molar-refractivity contribution is 6.32. The van der Waals surface area contributed by atoms with Gasteiger partial charge in [-0.3, -0.25) is 4.79 Å². The van der Waals surface area contributed by atoms with Crippen LogP contribution in [-0.4, -0.2) is 18.0 Å². The minimum atomic E-state index is -0.801. The standard InChI is InChI=1S/C9H8ClN3O2/c1-15-7(4-11)6-3-2-5(9(12)14)8(10)13-6/h2-3,7H,1H3,(H2,12,14). The Morgan fingerprint density at radius 3 is 2.80 bits per heavy atom. The molecule has 0 aliphatic rings. The van der Waals surface area contributed by atoms with Crippen LogP contribution in [0.2, 0.25) is 5.15 Å². The summed E-state index contributed by atoms with van der Waals surface area (Å²) in [5.41, 5.74) is 5.51. The summed E-state index contributed by atoms with van der Waals surface area (Å²) >= 11 is 5.71. The molecule has 0 saturated carbocycles. The Morgan fingerprint density at radius 2 is 2.40 bits per heavy atom. The maximum absolute atomic E-state index is 10.8. The zero-order valence-corrected chi connectivity index (χ0v) is 8.65. The number of hydrogen-bond acceptors (Lipinski definition) is 4. The largest absolute Gasteiger partial charge is 0.366 e. The van der Waals surface area contributed by atoms with Crippen molar-refractivity contribution >= 4 is 17.5 Å². The second-order valence-electron chi connectivity index (χ2n) is 2.68.